The Bertz CT molecular complexity index is 449. The Hall–Kier alpha value is -1.06. The first kappa shape index (κ1) is 16.3. The molecule has 1 aromatic rings. The molecule has 0 spiro atoms. The maximum atomic E-state index is 6.07. The molecule has 0 aliphatic carbocycles. The van der Waals surface area contributed by atoms with Gasteiger partial charge in [-0.1, -0.05) is 26.0 Å². The molecule has 0 saturated carbocycles. The van der Waals surface area contributed by atoms with E-state index >= 15 is 0 Å². The van der Waals surface area contributed by atoms with E-state index in [0.717, 1.165) is 32.0 Å². The molecule has 1 aromatic carbocycles. The van der Waals surface area contributed by atoms with Gasteiger partial charge in [0.25, 0.3) is 0 Å². The summed E-state index contributed by atoms with van der Waals surface area (Å²) >= 11 is 0. The summed E-state index contributed by atoms with van der Waals surface area (Å²) in [5.41, 5.74) is 2.55. The number of aryl methyl sites for hydroxylation is 1. The van der Waals surface area contributed by atoms with Gasteiger partial charge in [-0.2, -0.15) is 0 Å². The van der Waals surface area contributed by atoms with Crippen LogP contribution in [0.2, 0.25) is 0 Å². The fourth-order valence-corrected chi connectivity index (χ4v) is 3.00. The SMILES string of the molecule is Cc1ccc(C(C)C)c(OCCN2C[C@@H](C)O[C@@H](C)C2)c1. The molecule has 1 heterocycles. The molecule has 21 heavy (non-hydrogen) atoms. The largest absolute Gasteiger partial charge is 0.492 e. The van der Waals surface area contributed by atoms with Crippen molar-refractivity contribution in [1.82, 2.24) is 4.90 Å². The van der Waals surface area contributed by atoms with E-state index < -0.39 is 0 Å². The van der Waals surface area contributed by atoms with Crippen molar-refractivity contribution in [2.24, 2.45) is 0 Å². The molecule has 1 aliphatic heterocycles. The first-order chi connectivity index (χ1) is 9.95. The van der Waals surface area contributed by atoms with Gasteiger partial charge in [-0.3, -0.25) is 4.90 Å². The zero-order valence-corrected chi connectivity index (χ0v) is 14.1. The molecule has 0 amide bonds. The number of rotatable bonds is 5. The molecule has 1 saturated heterocycles. The Morgan fingerprint density at radius 2 is 1.90 bits per heavy atom. The number of ether oxygens (including phenoxy) is 2. The maximum absolute atomic E-state index is 6.07. The number of benzene rings is 1. The molecule has 0 aromatic heterocycles. The average Bonchev–Trinajstić information content (AvgIpc) is 2.37. The summed E-state index contributed by atoms with van der Waals surface area (Å²) in [5, 5.41) is 0. The van der Waals surface area contributed by atoms with E-state index in [1.807, 2.05) is 0 Å². The van der Waals surface area contributed by atoms with E-state index in [2.05, 4.69) is 57.7 Å². The van der Waals surface area contributed by atoms with Crippen molar-refractivity contribution in [1.29, 1.82) is 0 Å². The summed E-state index contributed by atoms with van der Waals surface area (Å²) in [6, 6.07) is 6.50. The normalized spacial score (nSPS) is 23.5. The molecule has 0 unspecified atom stereocenters. The minimum Gasteiger partial charge on any atom is -0.492 e. The highest BCUT2D eigenvalue weighted by Gasteiger charge is 2.21. The van der Waals surface area contributed by atoms with Crippen molar-refractivity contribution < 1.29 is 9.47 Å². The van der Waals surface area contributed by atoms with Crippen LogP contribution in [0.3, 0.4) is 0 Å². The fraction of sp³-hybridized carbons (Fsp3) is 0.667. The van der Waals surface area contributed by atoms with Gasteiger partial charge in [0.05, 0.1) is 12.2 Å². The van der Waals surface area contributed by atoms with Crippen LogP contribution in [0.5, 0.6) is 5.75 Å². The monoisotopic (exact) mass is 291 g/mol. The smallest absolute Gasteiger partial charge is 0.123 e. The highest BCUT2D eigenvalue weighted by molar-refractivity contribution is 5.39. The van der Waals surface area contributed by atoms with Gasteiger partial charge in [0.15, 0.2) is 0 Å². The molecule has 3 nitrogen and oxygen atoms in total. The zero-order chi connectivity index (χ0) is 15.4. The highest BCUT2D eigenvalue weighted by Crippen LogP contribution is 2.27. The first-order valence-electron chi connectivity index (χ1n) is 8.07. The molecule has 118 valence electrons. The van der Waals surface area contributed by atoms with Crippen molar-refractivity contribution in [3.63, 3.8) is 0 Å². The van der Waals surface area contributed by atoms with Crippen LogP contribution in [-0.2, 0) is 4.74 Å². The maximum Gasteiger partial charge on any atom is 0.123 e. The zero-order valence-electron chi connectivity index (χ0n) is 14.1. The highest BCUT2D eigenvalue weighted by atomic mass is 16.5. The van der Waals surface area contributed by atoms with Crippen molar-refractivity contribution in [3.8, 4) is 5.75 Å². The number of hydrogen-bond acceptors (Lipinski definition) is 3. The fourth-order valence-electron chi connectivity index (χ4n) is 3.00. The minimum atomic E-state index is 0.318. The Morgan fingerprint density at radius 3 is 2.52 bits per heavy atom. The lowest BCUT2D eigenvalue weighted by Gasteiger charge is -2.35. The quantitative estimate of drug-likeness (QED) is 0.827. The molecular formula is C18H29NO2. The Morgan fingerprint density at radius 1 is 1.24 bits per heavy atom. The predicted octanol–water partition coefficient (Wildman–Crippen LogP) is 3.61. The van der Waals surface area contributed by atoms with Gasteiger partial charge >= 0.3 is 0 Å². The van der Waals surface area contributed by atoms with E-state index in [-0.39, 0.29) is 0 Å². The number of morpholine rings is 1. The molecule has 1 aliphatic rings. The number of hydrogen-bond donors (Lipinski definition) is 0. The Kier molecular flexibility index (Phi) is 5.65. The Balaban J connectivity index is 1.90. The molecule has 0 bridgehead atoms. The molecule has 2 rings (SSSR count). The lowest BCUT2D eigenvalue weighted by atomic mass is 10.0. The number of nitrogens with zero attached hydrogens (tertiary/aromatic N) is 1. The van der Waals surface area contributed by atoms with Gasteiger partial charge in [0, 0.05) is 19.6 Å². The lowest BCUT2D eigenvalue weighted by molar-refractivity contribution is -0.0699. The van der Waals surface area contributed by atoms with E-state index in [1.165, 1.54) is 11.1 Å². The van der Waals surface area contributed by atoms with Gasteiger partial charge in [-0.25, -0.2) is 0 Å². The van der Waals surface area contributed by atoms with E-state index in [0.29, 0.717) is 18.1 Å². The van der Waals surface area contributed by atoms with Crippen LogP contribution >= 0.6 is 0 Å². The first-order valence-corrected chi connectivity index (χ1v) is 8.07. The second-order valence-corrected chi connectivity index (χ2v) is 6.56. The van der Waals surface area contributed by atoms with Gasteiger partial charge in [0.1, 0.15) is 12.4 Å². The van der Waals surface area contributed by atoms with Crippen LogP contribution in [-0.4, -0.2) is 43.3 Å². The van der Waals surface area contributed by atoms with Crippen molar-refractivity contribution in [2.45, 2.75) is 52.7 Å². The lowest BCUT2D eigenvalue weighted by Crippen LogP contribution is -2.46. The summed E-state index contributed by atoms with van der Waals surface area (Å²) in [6.45, 7) is 14.5. The molecular weight excluding hydrogens is 262 g/mol. The van der Waals surface area contributed by atoms with Gasteiger partial charge < -0.3 is 9.47 Å². The standard InChI is InChI=1S/C18H29NO2/c1-13(2)17-7-6-14(3)10-18(17)20-9-8-19-11-15(4)21-16(5)12-19/h6-7,10,13,15-16H,8-9,11-12H2,1-5H3/t15-,16+. The molecule has 3 heteroatoms. The van der Waals surface area contributed by atoms with Gasteiger partial charge in [-0.05, 0) is 43.9 Å². The third-order valence-electron chi connectivity index (χ3n) is 3.95. The topological polar surface area (TPSA) is 21.7 Å². The van der Waals surface area contributed by atoms with Crippen molar-refractivity contribution in [2.75, 3.05) is 26.2 Å². The van der Waals surface area contributed by atoms with Crippen molar-refractivity contribution in [3.05, 3.63) is 29.3 Å². The van der Waals surface area contributed by atoms with Gasteiger partial charge in [0.2, 0.25) is 0 Å². The molecule has 1 fully saturated rings. The third-order valence-corrected chi connectivity index (χ3v) is 3.95. The second-order valence-electron chi connectivity index (χ2n) is 6.56. The predicted molar refractivity (Wildman–Crippen MR) is 87.2 cm³/mol. The van der Waals surface area contributed by atoms with E-state index in [1.54, 1.807) is 0 Å². The second kappa shape index (κ2) is 7.28. The van der Waals surface area contributed by atoms with Crippen LogP contribution in [0.4, 0.5) is 0 Å². The molecule has 0 radical (unpaired) electrons. The summed E-state index contributed by atoms with van der Waals surface area (Å²) in [6.07, 6.45) is 0.637. The molecule has 0 N–H and O–H groups in total. The molecule has 2 atom stereocenters. The van der Waals surface area contributed by atoms with E-state index in [4.69, 9.17) is 9.47 Å². The van der Waals surface area contributed by atoms with Crippen LogP contribution in [0.1, 0.15) is 44.7 Å². The van der Waals surface area contributed by atoms with E-state index in [9.17, 15) is 0 Å². The van der Waals surface area contributed by atoms with Crippen LogP contribution < -0.4 is 4.74 Å². The third kappa shape index (κ3) is 4.72. The Labute approximate surface area is 129 Å². The van der Waals surface area contributed by atoms with Crippen molar-refractivity contribution >= 4 is 0 Å². The summed E-state index contributed by atoms with van der Waals surface area (Å²) < 4.78 is 11.8. The summed E-state index contributed by atoms with van der Waals surface area (Å²) in [7, 11) is 0. The van der Waals surface area contributed by atoms with Crippen LogP contribution in [0.25, 0.3) is 0 Å². The minimum absolute atomic E-state index is 0.318. The summed E-state index contributed by atoms with van der Waals surface area (Å²) in [5.74, 6) is 1.53. The van der Waals surface area contributed by atoms with Gasteiger partial charge in [-0.15, -0.1) is 0 Å². The summed E-state index contributed by atoms with van der Waals surface area (Å²) in [4.78, 5) is 2.43. The van der Waals surface area contributed by atoms with Crippen LogP contribution in [0.15, 0.2) is 18.2 Å². The van der Waals surface area contributed by atoms with Crippen LogP contribution in [0, 0.1) is 6.92 Å². The average molecular weight is 291 g/mol.